The molecule has 0 saturated heterocycles. The second-order valence-electron chi connectivity index (χ2n) is 4.22. The number of sulfone groups is 1. The molecule has 5 heteroatoms. The van der Waals surface area contributed by atoms with Crippen LogP contribution >= 0.6 is 0 Å². The molecule has 0 saturated carbocycles. The number of rotatable bonds is 5. The van der Waals surface area contributed by atoms with Crippen LogP contribution in [-0.2, 0) is 9.84 Å². The van der Waals surface area contributed by atoms with E-state index in [1.807, 2.05) is 19.1 Å². The molecule has 0 aliphatic rings. The van der Waals surface area contributed by atoms with Crippen molar-refractivity contribution >= 4 is 9.84 Å². The van der Waals surface area contributed by atoms with Gasteiger partial charge >= 0.3 is 0 Å². The number of aryl methyl sites for hydroxylation is 1. The molecule has 17 heavy (non-hydrogen) atoms. The lowest BCUT2D eigenvalue weighted by Crippen LogP contribution is -2.27. The minimum Gasteiger partial charge on any atom is -0.394 e. The lowest BCUT2D eigenvalue weighted by molar-refractivity contribution is 0.112. The number of hydrogen-bond acceptors (Lipinski definition) is 4. The zero-order valence-electron chi connectivity index (χ0n) is 10.00. The molecule has 96 valence electrons. The highest BCUT2D eigenvalue weighted by Gasteiger charge is 2.25. The van der Waals surface area contributed by atoms with Crippen LogP contribution < -0.4 is 0 Å². The fourth-order valence-electron chi connectivity index (χ4n) is 1.60. The minimum absolute atomic E-state index is 0.418. The molecule has 0 heterocycles. The highest BCUT2D eigenvalue weighted by molar-refractivity contribution is 7.91. The van der Waals surface area contributed by atoms with Gasteiger partial charge in [0.05, 0.1) is 23.7 Å². The summed E-state index contributed by atoms with van der Waals surface area (Å²) in [4.78, 5) is 0. The molecule has 0 fully saturated rings. The van der Waals surface area contributed by atoms with Crippen molar-refractivity contribution in [2.75, 3.05) is 12.4 Å². The maximum Gasteiger partial charge on any atom is 0.159 e. The second-order valence-corrected chi connectivity index (χ2v) is 6.59. The van der Waals surface area contributed by atoms with Gasteiger partial charge in [0.15, 0.2) is 9.84 Å². The van der Waals surface area contributed by atoms with Gasteiger partial charge in [0.1, 0.15) is 0 Å². The molecular weight excluding hydrogens is 240 g/mol. The average molecular weight is 258 g/mol. The third-order valence-electron chi connectivity index (χ3n) is 2.69. The summed E-state index contributed by atoms with van der Waals surface area (Å²) in [5.41, 5.74) is 1.70. The summed E-state index contributed by atoms with van der Waals surface area (Å²) in [5.74, 6) is -0.418. The van der Waals surface area contributed by atoms with E-state index in [2.05, 4.69) is 0 Å². The number of benzene rings is 1. The molecule has 2 N–H and O–H groups in total. The van der Waals surface area contributed by atoms with Crippen molar-refractivity contribution in [2.45, 2.75) is 25.2 Å². The van der Waals surface area contributed by atoms with Crippen molar-refractivity contribution < 1.29 is 18.6 Å². The lowest BCUT2D eigenvalue weighted by Gasteiger charge is -2.15. The van der Waals surface area contributed by atoms with Crippen molar-refractivity contribution in [1.29, 1.82) is 0 Å². The Morgan fingerprint density at radius 2 is 2.00 bits per heavy atom. The second kappa shape index (κ2) is 5.62. The van der Waals surface area contributed by atoms with Crippen molar-refractivity contribution in [3.63, 3.8) is 0 Å². The molecule has 1 aromatic carbocycles. The molecule has 0 unspecified atom stereocenters. The van der Waals surface area contributed by atoms with Gasteiger partial charge < -0.3 is 10.2 Å². The Bertz CT molecular complexity index is 467. The third kappa shape index (κ3) is 3.80. The Morgan fingerprint density at radius 1 is 1.35 bits per heavy atom. The van der Waals surface area contributed by atoms with Gasteiger partial charge in [-0.15, -0.1) is 0 Å². The van der Waals surface area contributed by atoms with Crippen LogP contribution in [0.1, 0.15) is 23.3 Å². The fourth-order valence-corrected chi connectivity index (χ4v) is 3.09. The zero-order valence-corrected chi connectivity index (χ0v) is 10.8. The van der Waals surface area contributed by atoms with Gasteiger partial charge in [-0.1, -0.05) is 29.8 Å². The summed E-state index contributed by atoms with van der Waals surface area (Å²) < 4.78 is 23.9. The highest BCUT2D eigenvalue weighted by atomic mass is 32.2. The molecular formula is C12H18O4S. The van der Waals surface area contributed by atoms with Crippen LogP contribution in [0, 0.1) is 6.92 Å². The van der Waals surface area contributed by atoms with E-state index in [0.29, 0.717) is 5.56 Å². The van der Waals surface area contributed by atoms with E-state index in [-0.39, 0.29) is 0 Å². The van der Waals surface area contributed by atoms with Crippen LogP contribution in [0.25, 0.3) is 0 Å². The Kier molecular flexibility index (Phi) is 4.68. The molecule has 2 atom stereocenters. The van der Waals surface area contributed by atoms with E-state index in [4.69, 9.17) is 5.11 Å². The molecule has 1 rings (SSSR count). The summed E-state index contributed by atoms with van der Waals surface area (Å²) >= 11 is 0. The summed E-state index contributed by atoms with van der Waals surface area (Å²) in [7, 11) is -3.45. The Labute approximate surface area is 102 Å². The summed E-state index contributed by atoms with van der Waals surface area (Å²) in [6.07, 6.45) is -1.22. The summed E-state index contributed by atoms with van der Waals surface area (Å²) in [6.45, 7) is 2.94. The Morgan fingerprint density at radius 3 is 2.53 bits per heavy atom. The van der Waals surface area contributed by atoms with Crippen LogP contribution in [-0.4, -0.2) is 37.1 Å². The van der Waals surface area contributed by atoms with Gasteiger partial charge in [-0.05, 0) is 19.4 Å². The molecule has 4 nitrogen and oxygen atoms in total. The standard InChI is InChI=1S/C12H18O4S/c1-9-4-3-5-11(6-9)10(2)17(15,16)8-12(14)7-13/h3-6,10,12-14H,7-8H2,1-2H3/t10-,12-/m1/s1. The summed E-state index contributed by atoms with van der Waals surface area (Å²) in [5, 5.41) is 17.2. The van der Waals surface area contributed by atoms with E-state index in [1.54, 1.807) is 19.1 Å². The largest absolute Gasteiger partial charge is 0.394 e. The topological polar surface area (TPSA) is 74.6 Å². The SMILES string of the molecule is Cc1cccc([C@@H](C)S(=O)(=O)C[C@H](O)CO)c1. The first-order chi connectivity index (χ1) is 7.86. The highest BCUT2D eigenvalue weighted by Crippen LogP contribution is 2.23. The Balaban J connectivity index is 2.92. The van der Waals surface area contributed by atoms with Crippen molar-refractivity contribution in [1.82, 2.24) is 0 Å². The lowest BCUT2D eigenvalue weighted by atomic mass is 10.1. The van der Waals surface area contributed by atoms with E-state index in [9.17, 15) is 13.5 Å². The van der Waals surface area contributed by atoms with Gasteiger partial charge in [-0.2, -0.15) is 0 Å². The van der Waals surface area contributed by atoms with Crippen LogP contribution in [0.4, 0.5) is 0 Å². The fraction of sp³-hybridized carbons (Fsp3) is 0.500. The first-order valence-electron chi connectivity index (χ1n) is 5.44. The normalized spacial score (nSPS) is 15.5. The molecule has 0 aromatic heterocycles. The molecule has 0 aliphatic carbocycles. The van der Waals surface area contributed by atoms with Crippen LogP contribution in [0.15, 0.2) is 24.3 Å². The monoisotopic (exact) mass is 258 g/mol. The number of aliphatic hydroxyl groups is 2. The molecule has 1 aromatic rings. The van der Waals surface area contributed by atoms with Crippen LogP contribution in [0.5, 0.6) is 0 Å². The predicted octanol–water partition coefficient (Wildman–Crippen LogP) is 0.824. The first-order valence-corrected chi connectivity index (χ1v) is 7.15. The van der Waals surface area contributed by atoms with E-state index in [1.165, 1.54) is 0 Å². The number of hydrogen-bond donors (Lipinski definition) is 2. The molecule has 0 amide bonds. The number of aliphatic hydroxyl groups excluding tert-OH is 2. The van der Waals surface area contributed by atoms with Crippen LogP contribution in [0.3, 0.4) is 0 Å². The molecule has 0 spiro atoms. The predicted molar refractivity (Wildman–Crippen MR) is 66.5 cm³/mol. The van der Waals surface area contributed by atoms with Gasteiger partial charge in [-0.25, -0.2) is 8.42 Å². The Hall–Kier alpha value is -0.910. The zero-order chi connectivity index (χ0) is 13.1. The van der Waals surface area contributed by atoms with Gasteiger partial charge in [0.2, 0.25) is 0 Å². The first kappa shape index (κ1) is 14.2. The van der Waals surface area contributed by atoms with E-state index >= 15 is 0 Å². The van der Waals surface area contributed by atoms with E-state index < -0.39 is 33.6 Å². The van der Waals surface area contributed by atoms with Crippen molar-refractivity contribution in [3.8, 4) is 0 Å². The third-order valence-corrected chi connectivity index (χ3v) is 4.88. The molecule has 0 aliphatic heterocycles. The smallest absolute Gasteiger partial charge is 0.159 e. The summed E-state index contributed by atoms with van der Waals surface area (Å²) in [6, 6.07) is 7.26. The van der Waals surface area contributed by atoms with Gasteiger partial charge in [-0.3, -0.25) is 0 Å². The molecule has 0 bridgehead atoms. The average Bonchev–Trinajstić information content (AvgIpc) is 2.27. The minimum atomic E-state index is -3.45. The van der Waals surface area contributed by atoms with Crippen molar-refractivity contribution in [2.24, 2.45) is 0 Å². The van der Waals surface area contributed by atoms with E-state index in [0.717, 1.165) is 5.56 Å². The quantitative estimate of drug-likeness (QED) is 0.820. The molecule has 0 radical (unpaired) electrons. The maximum atomic E-state index is 11.9. The van der Waals surface area contributed by atoms with Gasteiger partial charge in [0, 0.05) is 0 Å². The van der Waals surface area contributed by atoms with Gasteiger partial charge in [0.25, 0.3) is 0 Å². The maximum absolute atomic E-state index is 11.9. The van der Waals surface area contributed by atoms with Crippen LogP contribution in [0.2, 0.25) is 0 Å². The van der Waals surface area contributed by atoms with Crippen molar-refractivity contribution in [3.05, 3.63) is 35.4 Å².